The van der Waals surface area contributed by atoms with Crippen LogP contribution >= 0.6 is 11.3 Å². The molecule has 104 valence electrons. The Morgan fingerprint density at radius 3 is 2.84 bits per heavy atom. The Kier molecular flexibility index (Phi) is 6.29. The third kappa shape index (κ3) is 6.20. The normalized spacial score (nSPS) is 11.1. The van der Waals surface area contributed by atoms with Crippen LogP contribution < -0.4 is 5.32 Å². The molecule has 1 aromatic rings. The van der Waals surface area contributed by atoms with Crippen LogP contribution in [0.4, 0.5) is 0 Å². The molecule has 0 atom stereocenters. The average Bonchev–Trinajstić information content (AvgIpc) is 2.80. The molecule has 0 aliphatic rings. The van der Waals surface area contributed by atoms with E-state index in [4.69, 9.17) is 5.11 Å². The number of hydrogen-bond acceptors (Lipinski definition) is 3. The number of thiophene rings is 1. The molecule has 1 aromatic heterocycles. The Bertz CT molecular complexity index is 463. The fourth-order valence-corrected chi connectivity index (χ4v) is 2.31. The number of rotatable bonds is 7. The van der Waals surface area contributed by atoms with Crippen LogP contribution in [0.2, 0.25) is 0 Å². The molecule has 0 fully saturated rings. The van der Waals surface area contributed by atoms with Crippen LogP contribution in [0.3, 0.4) is 0 Å². The summed E-state index contributed by atoms with van der Waals surface area (Å²) in [7, 11) is 0. The SMILES string of the molecule is CC(C)CCCNC(=O)c1csc(C=CC(=O)O)c1. The van der Waals surface area contributed by atoms with Crippen LogP contribution in [0.5, 0.6) is 0 Å². The van der Waals surface area contributed by atoms with Gasteiger partial charge in [0.1, 0.15) is 0 Å². The molecule has 0 aromatic carbocycles. The molecule has 0 unspecified atom stereocenters. The highest BCUT2D eigenvalue weighted by molar-refractivity contribution is 7.11. The van der Waals surface area contributed by atoms with Crippen molar-refractivity contribution in [2.24, 2.45) is 5.92 Å². The third-order valence-electron chi connectivity index (χ3n) is 2.52. The molecule has 5 heteroatoms. The van der Waals surface area contributed by atoms with Crippen LogP contribution in [-0.2, 0) is 4.79 Å². The molecule has 2 N–H and O–H groups in total. The second kappa shape index (κ2) is 7.74. The van der Waals surface area contributed by atoms with Gasteiger partial charge in [-0.05, 0) is 30.9 Å². The van der Waals surface area contributed by atoms with Crippen molar-refractivity contribution in [3.63, 3.8) is 0 Å². The minimum atomic E-state index is -0.993. The van der Waals surface area contributed by atoms with E-state index in [0.29, 0.717) is 18.0 Å². The number of carbonyl (C=O) groups is 2. The molecule has 0 spiro atoms. The van der Waals surface area contributed by atoms with Gasteiger partial charge in [-0.25, -0.2) is 4.79 Å². The van der Waals surface area contributed by atoms with Crippen LogP contribution in [0.15, 0.2) is 17.5 Å². The standard InChI is InChI=1S/C14H19NO3S/c1-10(2)4-3-7-15-14(18)11-8-12(19-9-11)5-6-13(16)17/h5-6,8-10H,3-4,7H2,1-2H3,(H,15,18)(H,16,17). The Hall–Kier alpha value is -1.62. The van der Waals surface area contributed by atoms with Gasteiger partial charge in [0.2, 0.25) is 0 Å². The number of nitrogens with one attached hydrogen (secondary N) is 1. The molecule has 1 amide bonds. The van der Waals surface area contributed by atoms with Gasteiger partial charge in [-0.3, -0.25) is 4.79 Å². The lowest BCUT2D eigenvalue weighted by atomic mass is 10.1. The highest BCUT2D eigenvalue weighted by atomic mass is 32.1. The topological polar surface area (TPSA) is 66.4 Å². The van der Waals surface area contributed by atoms with Crippen molar-refractivity contribution < 1.29 is 14.7 Å². The molecule has 0 saturated carbocycles. The lowest BCUT2D eigenvalue weighted by Gasteiger charge is -2.05. The van der Waals surface area contributed by atoms with Gasteiger partial charge in [0.25, 0.3) is 5.91 Å². The van der Waals surface area contributed by atoms with Crippen molar-refractivity contribution in [3.05, 3.63) is 28.0 Å². The first-order valence-corrected chi connectivity index (χ1v) is 7.14. The van der Waals surface area contributed by atoms with Crippen molar-refractivity contribution in [1.82, 2.24) is 5.32 Å². The first kappa shape index (κ1) is 15.4. The molecule has 0 aliphatic carbocycles. The molecule has 4 nitrogen and oxygen atoms in total. The Balaban J connectivity index is 2.43. The summed E-state index contributed by atoms with van der Waals surface area (Å²) in [6, 6.07) is 1.70. The summed E-state index contributed by atoms with van der Waals surface area (Å²) < 4.78 is 0. The average molecular weight is 281 g/mol. The second-order valence-corrected chi connectivity index (χ2v) is 5.64. The summed E-state index contributed by atoms with van der Waals surface area (Å²) in [5, 5.41) is 13.1. The summed E-state index contributed by atoms with van der Waals surface area (Å²) in [6.45, 7) is 4.98. The second-order valence-electron chi connectivity index (χ2n) is 4.70. The summed E-state index contributed by atoms with van der Waals surface area (Å²) in [5.41, 5.74) is 0.583. The fourth-order valence-electron chi connectivity index (χ4n) is 1.53. The largest absolute Gasteiger partial charge is 0.478 e. The molecule has 1 rings (SSSR count). The smallest absolute Gasteiger partial charge is 0.328 e. The summed E-state index contributed by atoms with van der Waals surface area (Å²) in [6.07, 6.45) is 4.62. The molecule has 0 bridgehead atoms. The van der Waals surface area contributed by atoms with E-state index >= 15 is 0 Å². The van der Waals surface area contributed by atoms with Crippen molar-refractivity contribution in [3.8, 4) is 0 Å². The van der Waals surface area contributed by atoms with Crippen molar-refractivity contribution in [2.75, 3.05) is 6.54 Å². The van der Waals surface area contributed by atoms with Crippen LogP contribution in [0, 0.1) is 5.92 Å². The highest BCUT2D eigenvalue weighted by Crippen LogP contribution is 2.16. The first-order chi connectivity index (χ1) is 8.99. The van der Waals surface area contributed by atoms with E-state index in [1.165, 1.54) is 17.4 Å². The fraction of sp³-hybridized carbons (Fsp3) is 0.429. The zero-order valence-electron chi connectivity index (χ0n) is 11.2. The maximum absolute atomic E-state index is 11.8. The van der Waals surface area contributed by atoms with Crippen molar-refractivity contribution in [1.29, 1.82) is 0 Å². The lowest BCUT2D eigenvalue weighted by molar-refractivity contribution is -0.131. The van der Waals surface area contributed by atoms with E-state index < -0.39 is 5.97 Å². The minimum Gasteiger partial charge on any atom is -0.478 e. The van der Waals surface area contributed by atoms with E-state index in [1.54, 1.807) is 11.4 Å². The molecule has 19 heavy (non-hydrogen) atoms. The Morgan fingerprint density at radius 2 is 2.21 bits per heavy atom. The van der Waals surface area contributed by atoms with E-state index in [2.05, 4.69) is 19.2 Å². The zero-order chi connectivity index (χ0) is 14.3. The maximum Gasteiger partial charge on any atom is 0.328 e. The van der Waals surface area contributed by atoms with E-state index in [0.717, 1.165) is 23.8 Å². The zero-order valence-corrected chi connectivity index (χ0v) is 12.0. The van der Waals surface area contributed by atoms with Crippen LogP contribution in [-0.4, -0.2) is 23.5 Å². The molecule has 0 radical (unpaired) electrons. The van der Waals surface area contributed by atoms with Gasteiger partial charge >= 0.3 is 5.97 Å². The maximum atomic E-state index is 11.8. The van der Waals surface area contributed by atoms with E-state index in [9.17, 15) is 9.59 Å². The number of carboxylic acids is 1. The Morgan fingerprint density at radius 1 is 1.47 bits per heavy atom. The van der Waals surface area contributed by atoms with Gasteiger partial charge in [-0.2, -0.15) is 0 Å². The number of aliphatic carboxylic acids is 1. The van der Waals surface area contributed by atoms with Crippen LogP contribution in [0.25, 0.3) is 6.08 Å². The highest BCUT2D eigenvalue weighted by Gasteiger charge is 2.07. The van der Waals surface area contributed by atoms with Gasteiger partial charge in [0, 0.05) is 22.9 Å². The molecule has 1 heterocycles. The predicted molar refractivity (Wildman–Crippen MR) is 77.4 cm³/mol. The monoisotopic (exact) mass is 281 g/mol. The van der Waals surface area contributed by atoms with E-state index in [1.807, 2.05) is 0 Å². The first-order valence-electron chi connectivity index (χ1n) is 6.26. The summed E-state index contributed by atoms with van der Waals surface area (Å²) >= 11 is 1.35. The molecule has 0 aliphatic heterocycles. The third-order valence-corrected chi connectivity index (χ3v) is 3.41. The number of carboxylic acid groups (broad SMARTS) is 1. The van der Waals surface area contributed by atoms with Gasteiger partial charge in [0.15, 0.2) is 0 Å². The van der Waals surface area contributed by atoms with Gasteiger partial charge in [-0.1, -0.05) is 13.8 Å². The predicted octanol–water partition coefficient (Wildman–Crippen LogP) is 3.01. The Labute approximate surface area is 117 Å². The lowest BCUT2D eigenvalue weighted by Crippen LogP contribution is -2.24. The summed E-state index contributed by atoms with van der Waals surface area (Å²) in [5.74, 6) is -0.450. The number of amides is 1. The quantitative estimate of drug-likeness (QED) is 0.596. The van der Waals surface area contributed by atoms with Gasteiger partial charge in [-0.15, -0.1) is 11.3 Å². The molecular weight excluding hydrogens is 262 g/mol. The van der Waals surface area contributed by atoms with Crippen LogP contribution in [0.1, 0.15) is 41.9 Å². The van der Waals surface area contributed by atoms with E-state index in [-0.39, 0.29) is 5.91 Å². The minimum absolute atomic E-state index is 0.102. The summed E-state index contributed by atoms with van der Waals surface area (Å²) in [4.78, 5) is 22.9. The number of carbonyl (C=O) groups excluding carboxylic acids is 1. The molecule has 0 saturated heterocycles. The molecular formula is C14H19NO3S. The number of hydrogen-bond donors (Lipinski definition) is 2. The van der Waals surface area contributed by atoms with Gasteiger partial charge < -0.3 is 10.4 Å². The van der Waals surface area contributed by atoms with Crippen molar-refractivity contribution in [2.45, 2.75) is 26.7 Å². The van der Waals surface area contributed by atoms with Crippen molar-refractivity contribution >= 4 is 29.3 Å². The van der Waals surface area contributed by atoms with Gasteiger partial charge in [0.05, 0.1) is 5.56 Å².